The van der Waals surface area contributed by atoms with Crippen LogP contribution in [0.3, 0.4) is 0 Å². The first kappa shape index (κ1) is 30.1. The first-order chi connectivity index (χ1) is 22.0. The molecule has 3 saturated heterocycles. The average Bonchev–Trinajstić information content (AvgIpc) is 3.10. The maximum atomic E-state index is 13.1. The van der Waals surface area contributed by atoms with Gasteiger partial charge in [-0.3, -0.25) is 9.69 Å². The zero-order chi connectivity index (χ0) is 31.0. The van der Waals surface area contributed by atoms with Crippen molar-refractivity contribution in [2.75, 3.05) is 19.6 Å². The Kier molecular flexibility index (Phi) is 9.51. The van der Waals surface area contributed by atoms with Gasteiger partial charge < -0.3 is 19.5 Å². The minimum atomic E-state index is -0.446. The Labute approximate surface area is 262 Å². The second-order valence-electron chi connectivity index (χ2n) is 11.6. The summed E-state index contributed by atoms with van der Waals surface area (Å²) in [7, 11) is 0. The number of esters is 1. The van der Waals surface area contributed by atoms with Gasteiger partial charge in [-0.05, 0) is 84.4 Å². The van der Waals surface area contributed by atoms with Crippen LogP contribution in [-0.2, 0) is 22.7 Å². The summed E-state index contributed by atoms with van der Waals surface area (Å²) in [6.45, 7) is 3.35. The van der Waals surface area contributed by atoms with Crippen LogP contribution in [-0.4, -0.2) is 49.0 Å². The highest BCUT2D eigenvalue weighted by Gasteiger charge is 2.36. The number of piperidine rings is 3. The quantitative estimate of drug-likeness (QED) is 0.158. The zero-order valence-corrected chi connectivity index (χ0v) is 25.0. The predicted molar refractivity (Wildman–Crippen MR) is 169 cm³/mol. The molecule has 1 amide bonds. The maximum Gasteiger partial charge on any atom is 0.408 e. The number of hydrogen-bond acceptors (Lipinski definition) is 7. The van der Waals surface area contributed by atoms with Crippen LogP contribution in [0.25, 0.3) is 0 Å². The highest BCUT2D eigenvalue weighted by Crippen LogP contribution is 2.31. The summed E-state index contributed by atoms with van der Waals surface area (Å²) in [6, 6.07) is 31.1. The minimum Gasteiger partial charge on any atom is -0.489 e. The third kappa shape index (κ3) is 7.77. The molecule has 3 heterocycles. The molecule has 7 rings (SSSR count). The second-order valence-corrected chi connectivity index (χ2v) is 11.6. The van der Waals surface area contributed by atoms with Gasteiger partial charge in [0.25, 0.3) is 0 Å². The van der Waals surface area contributed by atoms with E-state index in [1.54, 1.807) is 36.4 Å². The van der Waals surface area contributed by atoms with Crippen LogP contribution in [0.2, 0.25) is 0 Å². The van der Waals surface area contributed by atoms with Gasteiger partial charge in [0.15, 0.2) is 0 Å². The number of hydrogen-bond donors (Lipinski definition) is 1. The molecular formula is C37H36N2O6. The van der Waals surface area contributed by atoms with E-state index in [9.17, 15) is 14.4 Å². The monoisotopic (exact) mass is 604 g/mol. The third-order valence-corrected chi connectivity index (χ3v) is 8.49. The number of benzene rings is 4. The Morgan fingerprint density at radius 1 is 0.822 bits per heavy atom. The molecule has 0 radical (unpaired) electrons. The number of rotatable bonds is 11. The maximum absolute atomic E-state index is 13.1. The lowest BCUT2D eigenvalue weighted by Gasteiger charge is -2.43. The number of nitrogens with zero attached hydrogens (tertiary/aromatic N) is 1. The summed E-state index contributed by atoms with van der Waals surface area (Å²) in [5.41, 5.74) is 4.41. The van der Waals surface area contributed by atoms with Crippen molar-refractivity contribution < 1.29 is 28.6 Å². The van der Waals surface area contributed by atoms with E-state index in [0.29, 0.717) is 29.4 Å². The van der Waals surface area contributed by atoms with E-state index in [1.807, 2.05) is 66.7 Å². The van der Waals surface area contributed by atoms with E-state index < -0.39 is 18.1 Å². The van der Waals surface area contributed by atoms with E-state index in [-0.39, 0.29) is 12.7 Å². The highest BCUT2D eigenvalue weighted by molar-refractivity contribution is 5.89. The molecule has 0 aliphatic carbocycles. The number of amides is 1. The SMILES string of the molecule is O=Cc1cccc(COC(=O)c2ccc(COc3cccc(C(NC(=O)O[C@H]4CN5CCC4CC5)c4ccccc4)c3)cc2)c1. The lowest BCUT2D eigenvalue weighted by atomic mass is 9.86. The fourth-order valence-electron chi connectivity index (χ4n) is 6.01. The fraction of sp³-hybridized carbons (Fsp3) is 0.270. The molecule has 0 spiro atoms. The summed E-state index contributed by atoms with van der Waals surface area (Å²) in [4.78, 5) is 39.0. The van der Waals surface area contributed by atoms with Crippen molar-refractivity contribution in [3.05, 3.63) is 137 Å². The Hall–Kier alpha value is -4.95. The van der Waals surface area contributed by atoms with Crippen LogP contribution in [0, 0.1) is 5.92 Å². The molecule has 1 unspecified atom stereocenters. The molecule has 0 saturated carbocycles. The van der Waals surface area contributed by atoms with E-state index in [0.717, 1.165) is 61.0 Å². The molecule has 2 atom stereocenters. The van der Waals surface area contributed by atoms with Gasteiger partial charge in [0.1, 0.15) is 31.4 Å². The molecule has 1 N–H and O–H groups in total. The Balaban J connectivity index is 1.07. The number of nitrogens with one attached hydrogen (secondary N) is 1. The van der Waals surface area contributed by atoms with Gasteiger partial charge in [-0.1, -0.05) is 72.8 Å². The predicted octanol–water partition coefficient (Wildman–Crippen LogP) is 6.34. The molecule has 4 aromatic rings. The molecule has 45 heavy (non-hydrogen) atoms. The summed E-state index contributed by atoms with van der Waals surface area (Å²) < 4.78 is 17.5. The number of carbonyl (C=O) groups is 3. The minimum absolute atomic E-state index is 0.0766. The molecule has 230 valence electrons. The van der Waals surface area contributed by atoms with Gasteiger partial charge in [-0.15, -0.1) is 0 Å². The van der Waals surface area contributed by atoms with Crippen molar-refractivity contribution in [3.63, 3.8) is 0 Å². The number of carbonyl (C=O) groups excluding carboxylic acids is 3. The van der Waals surface area contributed by atoms with Crippen LogP contribution in [0.4, 0.5) is 4.79 Å². The van der Waals surface area contributed by atoms with Gasteiger partial charge in [0.2, 0.25) is 0 Å². The first-order valence-electron chi connectivity index (χ1n) is 15.3. The molecule has 2 bridgehead atoms. The van der Waals surface area contributed by atoms with Crippen LogP contribution in [0.15, 0.2) is 103 Å². The fourth-order valence-corrected chi connectivity index (χ4v) is 6.01. The van der Waals surface area contributed by atoms with Gasteiger partial charge in [-0.25, -0.2) is 9.59 Å². The second kappa shape index (κ2) is 14.2. The number of alkyl carbamates (subject to hydrolysis) is 1. The van der Waals surface area contributed by atoms with Crippen molar-refractivity contribution in [3.8, 4) is 5.75 Å². The number of fused-ring (bicyclic) bond motifs is 3. The van der Waals surface area contributed by atoms with Gasteiger partial charge in [0, 0.05) is 12.1 Å². The van der Waals surface area contributed by atoms with Crippen molar-refractivity contribution in [2.24, 2.45) is 5.92 Å². The summed E-state index contributed by atoms with van der Waals surface area (Å²) in [5.74, 6) is 0.639. The number of aldehydes is 1. The normalized spacial score (nSPS) is 19.2. The molecule has 8 heteroatoms. The first-order valence-corrected chi connectivity index (χ1v) is 15.3. The van der Waals surface area contributed by atoms with Gasteiger partial charge in [0.05, 0.1) is 11.6 Å². The molecule has 4 aromatic carbocycles. The van der Waals surface area contributed by atoms with E-state index in [1.165, 1.54) is 0 Å². The Morgan fingerprint density at radius 3 is 2.31 bits per heavy atom. The summed E-state index contributed by atoms with van der Waals surface area (Å²) >= 11 is 0. The number of ether oxygens (including phenoxy) is 3. The van der Waals surface area contributed by atoms with E-state index in [2.05, 4.69) is 10.2 Å². The van der Waals surface area contributed by atoms with Gasteiger partial charge >= 0.3 is 12.1 Å². The summed E-state index contributed by atoms with van der Waals surface area (Å²) in [5, 5.41) is 3.11. The lowest BCUT2D eigenvalue weighted by molar-refractivity contribution is -0.0336. The van der Waals surface area contributed by atoms with Crippen molar-refractivity contribution in [1.29, 1.82) is 0 Å². The topological polar surface area (TPSA) is 94.2 Å². The van der Waals surface area contributed by atoms with Crippen LogP contribution < -0.4 is 10.1 Å². The van der Waals surface area contributed by atoms with Gasteiger partial charge in [-0.2, -0.15) is 0 Å². The lowest BCUT2D eigenvalue weighted by Crippen LogP contribution is -2.52. The Morgan fingerprint density at radius 2 is 1.58 bits per heavy atom. The molecular weight excluding hydrogens is 568 g/mol. The summed E-state index contributed by atoms with van der Waals surface area (Å²) in [6.07, 6.45) is 2.42. The molecule has 3 aliphatic rings. The smallest absolute Gasteiger partial charge is 0.408 e. The molecule has 0 aromatic heterocycles. The standard InChI is InChI=1S/C37H36N2O6/c40-23-27-6-4-7-28(20-27)25-44-36(41)31-14-12-26(13-15-31)24-43-33-11-5-10-32(21-33)35(30-8-2-1-3-9-30)38-37(42)45-34-22-39-18-16-29(34)17-19-39/h1-15,20-21,23,29,34-35H,16-19,22,24-25H2,(H,38,42)/t34-,35?/m0/s1. The van der Waals surface area contributed by atoms with Crippen molar-refractivity contribution in [1.82, 2.24) is 10.2 Å². The van der Waals surface area contributed by atoms with E-state index >= 15 is 0 Å². The third-order valence-electron chi connectivity index (χ3n) is 8.49. The average molecular weight is 605 g/mol. The molecule has 8 nitrogen and oxygen atoms in total. The highest BCUT2D eigenvalue weighted by atomic mass is 16.6. The Bertz CT molecular complexity index is 1620. The molecule has 3 aliphatic heterocycles. The van der Waals surface area contributed by atoms with Crippen LogP contribution in [0.5, 0.6) is 5.75 Å². The van der Waals surface area contributed by atoms with Crippen LogP contribution in [0.1, 0.15) is 61.9 Å². The van der Waals surface area contributed by atoms with Crippen LogP contribution >= 0.6 is 0 Å². The van der Waals surface area contributed by atoms with Crippen molar-refractivity contribution >= 4 is 18.3 Å². The zero-order valence-electron chi connectivity index (χ0n) is 25.0. The van der Waals surface area contributed by atoms with E-state index in [4.69, 9.17) is 14.2 Å². The van der Waals surface area contributed by atoms with Crippen molar-refractivity contribution in [2.45, 2.75) is 38.2 Å². The molecule has 3 fully saturated rings. The largest absolute Gasteiger partial charge is 0.489 e.